The van der Waals surface area contributed by atoms with E-state index in [0.29, 0.717) is 11.4 Å². The molecule has 4 N–H and O–H groups in total. The van der Waals surface area contributed by atoms with Crippen molar-refractivity contribution in [1.29, 1.82) is 0 Å². The summed E-state index contributed by atoms with van der Waals surface area (Å²) in [5, 5.41) is 20.6. The summed E-state index contributed by atoms with van der Waals surface area (Å²) < 4.78 is 0. The second kappa shape index (κ2) is 5.21. The Labute approximate surface area is 87.7 Å². The average Bonchev–Trinajstić information content (AvgIpc) is 2.25. The van der Waals surface area contributed by atoms with Crippen molar-refractivity contribution in [3.63, 3.8) is 0 Å². The zero-order valence-corrected chi connectivity index (χ0v) is 8.45. The largest absolute Gasteiger partial charge is 0.478 e. The summed E-state index contributed by atoms with van der Waals surface area (Å²) in [6.07, 6.45) is 0.944. The number of benzene rings is 1. The average molecular weight is 210 g/mol. The molecule has 1 rings (SSSR count). The first kappa shape index (κ1) is 11.3. The molecule has 0 aliphatic carbocycles. The van der Waals surface area contributed by atoms with Crippen molar-refractivity contribution in [3.05, 3.63) is 23.8 Å². The van der Waals surface area contributed by atoms with Crippen molar-refractivity contribution < 1.29 is 15.1 Å². The van der Waals surface area contributed by atoms with Crippen LogP contribution >= 0.6 is 0 Å². The minimum Gasteiger partial charge on any atom is -0.478 e. The molecule has 0 aromatic heterocycles. The van der Waals surface area contributed by atoms with Crippen molar-refractivity contribution in [2.45, 2.75) is 13.3 Å². The minimum absolute atomic E-state index is 0.132. The molecular weight excluding hydrogens is 196 g/mol. The molecule has 0 aliphatic heterocycles. The van der Waals surface area contributed by atoms with Crippen molar-refractivity contribution in [1.82, 2.24) is 0 Å². The number of hydrogen-bond acceptors (Lipinski definition) is 4. The molecule has 0 amide bonds. The number of nitrogens with one attached hydrogen (secondary N) is 2. The lowest BCUT2D eigenvalue weighted by Gasteiger charge is -2.08. The van der Waals surface area contributed by atoms with E-state index in [1.54, 1.807) is 6.07 Å². The summed E-state index contributed by atoms with van der Waals surface area (Å²) >= 11 is 0. The first-order chi connectivity index (χ1) is 7.17. The highest BCUT2D eigenvalue weighted by atomic mass is 16.5. The molecule has 0 atom stereocenters. The molecule has 0 saturated heterocycles. The van der Waals surface area contributed by atoms with Gasteiger partial charge in [0.15, 0.2) is 0 Å². The van der Waals surface area contributed by atoms with Gasteiger partial charge in [-0.05, 0) is 24.6 Å². The highest BCUT2D eigenvalue weighted by molar-refractivity contribution is 5.90. The SMILES string of the molecule is CCCNc1cc(NO)cc(C(=O)O)c1. The fourth-order valence-electron chi connectivity index (χ4n) is 1.19. The van der Waals surface area contributed by atoms with E-state index in [2.05, 4.69) is 5.32 Å². The van der Waals surface area contributed by atoms with E-state index in [1.165, 1.54) is 12.1 Å². The molecular formula is C10H14N2O3. The van der Waals surface area contributed by atoms with E-state index in [4.69, 9.17) is 10.3 Å². The van der Waals surface area contributed by atoms with Crippen LogP contribution in [0.4, 0.5) is 11.4 Å². The van der Waals surface area contributed by atoms with Crippen LogP contribution in [-0.2, 0) is 0 Å². The van der Waals surface area contributed by atoms with Crippen LogP contribution in [0.25, 0.3) is 0 Å². The summed E-state index contributed by atoms with van der Waals surface area (Å²) in [5.74, 6) is -1.02. The summed E-state index contributed by atoms with van der Waals surface area (Å²) in [7, 11) is 0. The minimum atomic E-state index is -1.02. The molecule has 5 nitrogen and oxygen atoms in total. The topological polar surface area (TPSA) is 81.6 Å². The molecule has 0 unspecified atom stereocenters. The lowest BCUT2D eigenvalue weighted by Crippen LogP contribution is -2.04. The van der Waals surface area contributed by atoms with E-state index in [9.17, 15) is 4.79 Å². The van der Waals surface area contributed by atoms with Gasteiger partial charge in [-0.1, -0.05) is 6.92 Å². The number of hydrogen-bond donors (Lipinski definition) is 4. The van der Waals surface area contributed by atoms with Gasteiger partial charge in [-0.25, -0.2) is 4.79 Å². The quantitative estimate of drug-likeness (QED) is 0.559. The van der Waals surface area contributed by atoms with Crippen LogP contribution in [0, 0.1) is 0 Å². The third kappa shape index (κ3) is 3.14. The van der Waals surface area contributed by atoms with Crippen LogP contribution in [-0.4, -0.2) is 22.8 Å². The zero-order valence-electron chi connectivity index (χ0n) is 8.45. The first-order valence-corrected chi connectivity index (χ1v) is 4.69. The standard InChI is InChI=1S/C10H14N2O3/c1-2-3-11-8-4-7(10(13)14)5-9(6-8)12-15/h4-6,11-12,15H,2-3H2,1H3,(H,13,14). The molecule has 0 fully saturated rings. The normalized spacial score (nSPS) is 9.73. The van der Waals surface area contributed by atoms with E-state index in [1.807, 2.05) is 12.4 Å². The van der Waals surface area contributed by atoms with Crippen LogP contribution in [0.3, 0.4) is 0 Å². The van der Waals surface area contributed by atoms with Gasteiger partial charge in [0.05, 0.1) is 11.3 Å². The van der Waals surface area contributed by atoms with Gasteiger partial charge in [-0.15, -0.1) is 0 Å². The summed E-state index contributed by atoms with van der Waals surface area (Å²) in [5.41, 5.74) is 3.10. The molecule has 82 valence electrons. The van der Waals surface area contributed by atoms with Crippen molar-refractivity contribution in [2.24, 2.45) is 0 Å². The number of anilines is 2. The number of carboxylic acids is 1. The lowest BCUT2D eigenvalue weighted by atomic mass is 10.1. The van der Waals surface area contributed by atoms with Crippen LogP contribution < -0.4 is 10.8 Å². The molecule has 5 heteroatoms. The van der Waals surface area contributed by atoms with Crippen molar-refractivity contribution in [3.8, 4) is 0 Å². The number of carboxylic acid groups (broad SMARTS) is 1. The van der Waals surface area contributed by atoms with Crippen LogP contribution in [0.5, 0.6) is 0 Å². The summed E-state index contributed by atoms with van der Waals surface area (Å²) in [6, 6.07) is 4.53. The molecule has 1 aromatic rings. The molecule has 0 radical (unpaired) electrons. The van der Waals surface area contributed by atoms with Gasteiger partial charge in [0.25, 0.3) is 0 Å². The highest BCUT2D eigenvalue weighted by Crippen LogP contribution is 2.18. The monoisotopic (exact) mass is 210 g/mol. The third-order valence-corrected chi connectivity index (χ3v) is 1.89. The molecule has 1 aromatic carbocycles. The van der Waals surface area contributed by atoms with Crippen LogP contribution in [0.15, 0.2) is 18.2 Å². The highest BCUT2D eigenvalue weighted by Gasteiger charge is 2.06. The van der Waals surface area contributed by atoms with E-state index in [-0.39, 0.29) is 5.56 Å². The Bertz CT molecular complexity index is 353. The summed E-state index contributed by atoms with van der Waals surface area (Å²) in [6.45, 7) is 2.77. The van der Waals surface area contributed by atoms with Gasteiger partial charge < -0.3 is 10.4 Å². The van der Waals surface area contributed by atoms with Gasteiger partial charge in [0, 0.05) is 12.2 Å². The molecule has 0 spiro atoms. The number of rotatable bonds is 5. The molecule has 0 heterocycles. The Morgan fingerprint density at radius 3 is 2.53 bits per heavy atom. The van der Waals surface area contributed by atoms with E-state index in [0.717, 1.165) is 13.0 Å². The Kier molecular flexibility index (Phi) is 3.93. The van der Waals surface area contributed by atoms with Gasteiger partial charge in [-0.2, -0.15) is 0 Å². The lowest BCUT2D eigenvalue weighted by molar-refractivity contribution is 0.0697. The smallest absolute Gasteiger partial charge is 0.335 e. The maximum absolute atomic E-state index is 10.8. The predicted molar refractivity (Wildman–Crippen MR) is 57.6 cm³/mol. The molecule has 0 bridgehead atoms. The fourth-order valence-corrected chi connectivity index (χ4v) is 1.19. The van der Waals surface area contributed by atoms with E-state index >= 15 is 0 Å². The summed E-state index contributed by atoms with van der Waals surface area (Å²) in [4.78, 5) is 10.8. The van der Waals surface area contributed by atoms with Gasteiger partial charge in [0.1, 0.15) is 0 Å². The first-order valence-electron chi connectivity index (χ1n) is 4.69. The molecule has 0 saturated carbocycles. The Morgan fingerprint density at radius 2 is 2.00 bits per heavy atom. The van der Waals surface area contributed by atoms with Gasteiger partial charge >= 0.3 is 5.97 Å². The van der Waals surface area contributed by atoms with Crippen molar-refractivity contribution in [2.75, 3.05) is 17.3 Å². The van der Waals surface area contributed by atoms with Crippen LogP contribution in [0.2, 0.25) is 0 Å². The Hall–Kier alpha value is -1.75. The predicted octanol–water partition coefficient (Wildman–Crippen LogP) is 2.01. The van der Waals surface area contributed by atoms with Gasteiger partial charge in [0.2, 0.25) is 0 Å². The number of aromatic carboxylic acids is 1. The Morgan fingerprint density at radius 1 is 1.33 bits per heavy atom. The fraction of sp³-hybridized carbons (Fsp3) is 0.300. The third-order valence-electron chi connectivity index (χ3n) is 1.89. The Balaban J connectivity index is 2.95. The maximum atomic E-state index is 10.8. The van der Waals surface area contributed by atoms with Gasteiger partial charge in [-0.3, -0.25) is 10.7 Å². The van der Waals surface area contributed by atoms with Crippen molar-refractivity contribution >= 4 is 17.3 Å². The van der Waals surface area contributed by atoms with E-state index < -0.39 is 5.97 Å². The second-order valence-corrected chi connectivity index (χ2v) is 3.14. The number of carbonyl (C=O) groups is 1. The maximum Gasteiger partial charge on any atom is 0.335 e. The molecule has 0 aliphatic rings. The second-order valence-electron chi connectivity index (χ2n) is 3.14. The zero-order chi connectivity index (χ0) is 11.3. The van der Waals surface area contributed by atoms with Crippen LogP contribution in [0.1, 0.15) is 23.7 Å². The molecule has 15 heavy (non-hydrogen) atoms.